The Balaban J connectivity index is 0.000000360. The van der Waals surface area contributed by atoms with E-state index in [0.29, 0.717) is 0 Å². The van der Waals surface area contributed by atoms with Crippen molar-refractivity contribution in [1.29, 1.82) is 0 Å². The molecule has 0 bridgehead atoms. The molecule has 0 aromatic rings. The number of rotatable bonds is 0. The Hall–Kier alpha value is 0.634. The van der Waals surface area contributed by atoms with Gasteiger partial charge in [-0.1, -0.05) is 0 Å². The van der Waals surface area contributed by atoms with E-state index < -0.39 is 0 Å². The maximum absolute atomic E-state index is 4.98. The Morgan fingerprint density at radius 2 is 1.71 bits per heavy atom. The van der Waals surface area contributed by atoms with Crippen molar-refractivity contribution < 1.29 is 26.5 Å². The maximum atomic E-state index is 4.98. The molecule has 7 heavy (non-hydrogen) atoms. The van der Waals surface area contributed by atoms with E-state index in [9.17, 15) is 0 Å². The average Bonchev–Trinajstić information content (AvgIpc) is 1.72. The van der Waals surface area contributed by atoms with Gasteiger partial charge in [0, 0.05) is 34.9 Å². The van der Waals surface area contributed by atoms with Crippen molar-refractivity contribution >= 4 is 0 Å². The van der Waals surface area contributed by atoms with Gasteiger partial charge in [0.05, 0.1) is 0 Å². The van der Waals surface area contributed by atoms with Crippen LogP contribution in [0.1, 0.15) is 0 Å². The fraction of sp³-hybridized carbons (Fsp3) is 1.00. The molecule has 0 aromatic carbocycles. The number of nitrogens with zero attached hydrogens (tertiary/aromatic N) is 1. The van der Waals surface area contributed by atoms with Crippen LogP contribution in [0.15, 0.2) is 0 Å². The Morgan fingerprint density at radius 1 is 1.14 bits per heavy atom. The molecular weight excluding hydrogens is 126 g/mol. The number of morpholine rings is 1. The Kier molecular flexibility index (Phi) is 5.22. The molecule has 0 saturated carbocycles. The summed E-state index contributed by atoms with van der Waals surface area (Å²) in [6, 6.07) is 0. The minimum absolute atomic E-state index is 0. The predicted molar refractivity (Wildman–Crippen MR) is 23.9 cm³/mol. The van der Waals surface area contributed by atoms with Gasteiger partial charge in [-0.15, -0.1) is 13.1 Å². The van der Waals surface area contributed by atoms with Crippen LogP contribution in [0.5, 0.6) is 0 Å². The summed E-state index contributed by atoms with van der Waals surface area (Å²) < 4.78 is 4.98. The zero-order valence-electron chi connectivity index (χ0n) is 4.18. The first-order valence-corrected chi connectivity index (χ1v) is 2.21. The van der Waals surface area contributed by atoms with Crippen molar-refractivity contribution in [3.05, 3.63) is 5.32 Å². The topological polar surface area (TPSA) is 23.3 Å². The van der Waals surface area contributed by atoms with Gasteiger partial charge in [0.25, 0.3) is 0 Å². The van der Waals surface area contributed by atoms with E-state index >= 15 is 0 Å². The average molecular weight is 134 g/mol. The van der Waals surface area contributed by atoms with Crippen LogP contribution in [0, 0.1) is 0 Å². The predicted octanol–water partition coefficient (Wildman–Crippen LogP) is 0.388. The number of hydrogen-bond acceptors (Lipinski definition) is 1. The van der Waals surface area contributed by atoms with E-state index in [1.807, 2.05) is 0 Å². The van der Waals surface area contributed by atoms with Gasteiger partial charge in [0.15, 0.2) is 0 Å². The summed E-state index contributed by atoms with van der Waals surface area (Å²) in [5.41, 5.74) is 0. The summed E-state index contributed by atoms with van der Waals surface area (Å²) in [7, 11) is 0. The molecule has 0 radical (unpaired) electrons. The zero-order valence-corrected chi connectivity index (χ0v) is 5.75. The summed E-state index contributed by atoms with van der Waals surface area (Å²) >= 11 is 0. The molecule has 40 valence electrons. The first-order valence-electron chi connectivity index (χ1n) is 2.21. The third-order valence-electron chi connectivity index (χ3n) is 0.787. The molecule has 1 aliphatic rings. The van der Waals surface area contributed by atoms with Crippen LogP contribution in [0.4, 0.5) is 0 Å². The standard InChI is InChI=1S/C4H8NO.Ti/c1-3-6-4-2-5-1;/h1-4H2;/q-1;. The molecule has 1 aliphatic heterocycles. The monoisotopic (exact) mass is 134 g/mol. The molecule has 0 N–H and O–H groups in total. The summed E-state index contributed by atoms with van der Waals surface area (Å²) in [5.74, 6) is 0. The maximum Gasteiger partial charge on any atom is 0.0277 e. The van der Waals surface area contributed by atoms with Crippen LogP contribution >= 0.6 is 0 Å². The minimum atomic E-state index is 0. The molecule has 0 amide bonds. The third kappa shape index (κ3) is 3.24. The first kappa shape index (κ1) is 7.63. The zero-order chi connectivity index (χ0) is 4.24. The van der Waals surface area contributed by atoms with Gasteiger partial charge in [-0.25, -0.2) is 0 Å². The fourth-order valence-corrected chi connectivity index (χ4v) is 0.472. The summed E-state index contributed by atoms with van der Waals surface area (Å²) in [4.78, 5) is 0. The second kappa shape index (κ2) is 4.79. The van der Waals surface area contributed by atoms with Gasteiger partial charge in [0.1, 0.15) is 0 Å². The van der Waals surface area contributed by atoms with Gasteiger partial charge in [-0.05, 0) is 0 Å². The van der Waals surface area contributed by atoms with Crippen LogP contribution in [-0.2, 0) is 26.5 Å². The van der Waals surface area contributed by atoms with Crippen LogP contribution in [-0.4, -0.2) is 26.3 Å². The van der Waals surface area contributed by atoms with E-state index in [0.717, 1.165) is 26.3 Å². The number of hydrogen-bond donors (Lipinski definition) is 0. The van der Waals surface area contributed by atoms with E-state index in [1.165, 1.54) is 0 Å². The fourth-order valence-electron chi connectivity index (χ4n) is 0.472. The van der Waals surface area contributed by atoms with Crippen molar-refractivity contribution in [3.8, 4) is 0 Å². The number of ether oxygens (including phenoxy) is 1. The molecule has 2 nitrogen and oxygen atoms in total. The largest absolute Gasteiger partial charge is 0.659 e. The van der Waals surface area contributed by atoms with Crippen molar-refractivity contribution in [2.45, 2.75) is 0 Å². The normalized spacial score (nSPS) is 20.6. The van der Waals surface area contributed by atoms with Crippen molar-refractivity contribution in [1.82, 2.24) is 0 Å². The van der Waals surface area contributed by atoms with Crippen molar-refractivity contribution in [3.63, 3.8) is 0 Å². The summed E-state index contributed by atoms with van der Waals surface area (Å²) in [5, 5.41) is 4.05. The minimum Gasteiger partial charge on any atom is -0.659 e. The van der Waals surface area contributed by atoms with Crippen LogP contribution in [0.25, 0.3) is 5.32 Å². The molecule has 0 unspecified atom stereocenters. The van der Waals surface area contributed by atoms with Crippen LogP contribution in [0.3, 0.4) is 0 Å². The van der Waals surface area contributed by atoms with Gasteiger partial charge >= 0.3 is 0 Å². The third-order valence-corrected chi connectivity index (χ3v) is 0.787. The second-order valence-electron chi connectivity index (χ2n) is 1.28. The Labute approximate surface area is 58.5 Å². The molecule has 0 spiro atoms. The van der Waals surface area contributed by atoms with E-state index in [4.69, 9.17) is 4.74 Å². The van der Waals surface area contributed by atoms with Gasteiger partial charge in [0.2, 0.25) is 0 Å². The molecule has 0 aromatic heterocycles. The SMILES string of the molecule is C1COCC[N-]1.[Ti]. The molecule has 0 aliphatic carbocycles. The molecule has 3 heteroatoms. The van der Waals surface area contributed by atoms with E-state index in [2.05, 4.69) is 5.32 Å². The van der Waals surface area contributed by atoms with Crippen molar-refractivity contribution in [2.75, 3.05) is 26.3 Å². The van der Waals surface area contributed by atoms with Gasteiger partial charge in [-0.3, -0.25) is 0 Å². The molecule has 1 rings (SSSR count). The quantitative estimate of drug-likeness (QED) is 0.439. The Morgan fingerprint density at radius 3 is 1.86 bits per heavy atom. The molecule has 1 heterocycles. The smallest absolute Gasteiger partial charge is 0.0277 e. The summed E-state index contributed by atoms with van der Waals surface area (Å²) in [6.45, 7) is 3.47. The van der Waals surface area contributed by atoms with Crippen molar-refractivity contribution in [2.24, 2.45) is 0 Å². The van der Waals surface area contributed by atoms with E-state index in [1.54, 1.807) is 0 Å². The second-order valence-corrected chi connectivity index (χ2v) is 1.28. The molecule has 1 fully saturated rings. The molecule has 0 atom stereocenters. The van der Waals surface area contributed by atoms with Crippen LogP contribution in [0.2, 0.25) is 0 Å². The first-order chi connectivity index (χ1) is 3.00. The Bertz CT molecular complexity index is 27.2. The van der Waals surface area contributed by atoms with Gasteiger partial charge in [-0.2, -0.15) is 0 Å². The summed E-state index contributed by atoms with van der Waals surface area (Å²) in [6.07, 6.45) is 0. The van der Waals surface area contributed by atoms with Crippen LogP contribution < -0.4 is 0 Å². The van der Waals surface area contributed by atoms with Gasteiger partial charge < -0.3 is 10.1 Å². The molecule has 1 saturated heterocycles. The van der Waals surface area contributed by atoms with E-state index in [-0.39, 0.29) is 21.7 Å². The molecular formula is C4H8NOTi-.